The third-order valence-corrected chi connectivity index (χ3v) is 4.22. The summed E-state index contributed by atoms with van der Waals surface area (Å²) >= 11 is 11.7. The molecule has 0 fully saturated rings. The van der Waals surface area contributed by atoms with Crippen molar-refractivity contribution in [1.82, 2.24) is 0 Å². The minimum atomic E-state index is -3.67. The van der Waals surface area contributed by atoms with Crippen LogP contribution >= 0.6 is 23.2 Å². The predicted octanol–water partition coefficient (Wildman–Crippen LogP) is 3.99. The van der Waals surface area contributed by atoms with Crippen molar-refractivity contribution >= 4 is 50.7 Å². The minimum absolute atomic E-state index is 0.187. The SMILES string of the molecule is Nc1c(Cl)cc(NS(=O)(=O)/C=C/c2ccccc2)cc1Cl. The number of halogens is 2. The second-order valence-electron chi connectivity index (χ2n) is 4.21. The zero-order valence-electron chi connectivity index (χ0n) is 10.8. The number of nitrogens with two attached hydrogens (primary N) is 1. The molecule has 0 unspecified atom stereocenters. The van der Waals surface area contributed by atoms with Gasteiger partial charge < -0.3 is 5.73 Å². The lowest BCUT2D eigenvalue weighted by Gasteiger charge is -2.08. The molecule has 110 valence electrons. The van der Waals surface area contributed by atoms with Crippen molar-refractivity contribution < 1.29 is 8.42 Å². The lowest BCUT2D eigenvalue weighted by atomic mass is 10.2. The molecule has 0 heterocycles. The normalized spacial score (nSPS) is 11.7. The van der Waals surface area contributed by atoms with Gasteiger partial charge >= 0.3 is 0 Å². The fourth-order valence-electron chi connectivity index (χ4n) is 1.57. The van der Waals surface area contributed by atoms with Gasteiger partial charge in [-0.15, -0.1) is 0 Å². The van der Waals surface area contributed by atoms with Gasteiger partial charge in [0.1, 0.15) is 0 Å². The Morgan fingerprint density at radius 1 is 1.05 bits per heavy atom. The first-order valence-corrected chi connectivity index (χ1v) is 8.18. The topological polar surface area (TPSA) is 72.2 Å². The maximum absolute atomic E-state index is 12.0. The third kappa shape index (κ3) is 4.39. The Bertz CT molecular complexity index is 752. The Kier molecular flexibility index (Phi) is 4.77. The van der Waals surface area contributed by atoms with Crippen molar-refractivity contribution in [1.29, 1.82) is 0 Å². The van der Waals surface area contributed by atoms with Crippen LogP contribution in [-0.2, 0) is 10.0 Å². The van der Waals surface area contributed by atoms with Gasteiger partial charge in [-0.2, -0.15) is 0 Å². The number of nitrogen functional groups attached to an aromatic ring is 1. The lowest BCUT2D eigenvalue weighted by Crippen LogP contribution is -2.09. The predicted molar refractivity (Wildman–Crippen MR) is 88.9 cm³/mol. The number of rotatable bonds is 4. The summed E-state index contributed by atoms with van der Waals surface area (Å²) < 4.78 is 26.3. The number of benzene rings is 2. The second kappa shape index (κ2) is 6.39. The molecule has 2 aromatic rings. The first-order chi connectivity index (χ1) is 9.87. The smallest absolute Gasteiger partial charge is 0.255 e. The van der Waals surface area contributed by atoms with Crippen LogP contribution in [0.5, 0.6) is 0 Å². The fourth-order valence-corrected chi connectivity index (χ4v) is 2.91. The Hall–Kier alpha value is -1.69. The van der Waals surface area contributed by atoms with E-state index < -0.39 is 10.0 Å². The molecule has 0 aliphatic carbocycles. The van der Waals surface area contributed by atoms with Crippen LogP contribution in [0.25, 0.3) is 6.08 Å². The Balaban J connectivity index is 2.20. The van der Waals surface area contributed by atoms with Crippen LogP contribution in [0.2, 0.25) is 10.0 Å². The van der Waals surface area contributed by atoms with E-state index in [1.54, 1.807) is 12.1 Å². The largest absolute Gasteiger partial charge is 0.396 e. The highest BCUT2D eigenvalue weighted by Gasteiger charge is 2.10. The van der Waals surface area contributed by atoms with Gasteiger partial charge in [-0.25, -0.2) is 8.42 Å². The van der Waals surface area contributed by atoms with E-state index >= 15 is 0 Å². The molecule has 0 amide bonds. The molecule has 0 spiro atoms. The summed E-state index contributed by atoms with van der Waals surface area (Å²) in [6.45, 7) is 0. The van der Waals surface area contributed by atoms with Gasteiger partial charge in [0.2, 0.25) is 0 Å². The van der Waals surface area contributed by atoms with Crippen molar-refractivity contribution in [3.63, 3.8) is 0 Å². The van der Waals surface area contributed by atoms with Crippen LogP contribution in [0, 0.1) is 0 Å². The monoisotopic (exact) mass is 342 g/mol. The molecule has 0 saturated heterocycles. The van der Waals surface area contributed by atoms with Crippen LogP contribution in [0.3, 0.4) is 0 Å². The Morgan fingerprint density at radius 3 is 2.19 bits per heavy atom. The molecule has 2 rings (SSSR count). The second-order valence-corrected chi connectivity index (χ2v) is 6.59. The molecule has 0 aromatic heterocycles. The van der Waals surface area contributed by atoms with Gasteiger partial charge in [-0.3, -0.25) is 4.72 Å². The molecule has 0 atom stereocenters. The lowest BCUT2D eigenvalue weighted by molar-refractivity contribution is 0.609. The molecule has 3 N–H and O–H groups in total. The van der Waals surface area contributed by atoms with Crippen LogP contribution in [0.15, 0.2) is 47.9 Å². The van der Waals surface area contributed by atoms with Crippen molar-refractivity contribution in [2.75, 3.05) is 10.5 Å². The van der Waals surface area contributed by atoms with Crippen LogP contribution in [0.4, 0.5) is 11.4 Å². The summed E-state index contributed by atoms with van der Waals surface area (Å²) in [6, 6.07) is 11.9. The number of nitrogens with one attached hydrogen (secondary N) is 1. The summed E-state index contributed by atoms with van der Waals surface area (Å²) in [5.41, 5.74) is 6.82. The van der Waals surface area contributed by atoms with Gasteiger partial charge in [-0.1, -0.05) is 53.5 Å². The summed E-state index contributed by atoms with van der Waals surface area (Å²) in [5.74, 6) is 0. The van der Waals surface area contributed by atoms with Crippen molar-refractivity contribution in [2.45, 2.75) is 0 Å². The summed E-state index contributed by atoms with van der Waals surface area (Å²) in [5, 5.41) is 1.44. The van der Waals surface area contributed by atoms with E-state index in [0.717, 1.165) is 11.0 Å². The third-order valence-electron chi connectivity index (χ3n) is 2.58. The number of hydrogen-bond acceptors (Lipinski definition) is 3. The molecule has 0 aliphatic rings. The summed E-state index contributed by atoms with van der Waals surface area (Å²) in [4.78, 5) is 0. The molecule has 21 heavy (non-hydrogen) atoms. The van der Waals surface area contributed by atoms with E-state index in [0.29, 0.717) is 0 Å². The molecular weight excluding hydrogens is 331 g/mol. The van der Waals surface area contributed by atoms with Crippen LogP contribution in [0.1, 0.15) is 5.56 Å². The van der Waals surface area contributed by atoms with Crippen LogP contribution < -0.4 is 10.5 Å². The molecule has 7 heteroatoms. The summed E-state index contributed by atoms with van der Waals surface area (Å²) in [7, 11) is -3.67. The molecule has 0 saturated carbocycles. The quantitative estimate of drug-likeness (QED) is 0.825. The Morgan fingerprint density at radius 2 is 1.62 bits per heavy atom. The molecule has 2 aromatic carbocycles. The zero-order chi connectivity index (χ0) is 15.5. The fraction of sp³-hybridized carbons (Fsp3) is 0. The molecule has 0 aliphatic heterocycles. The highest BCUT2D eigenvalue weighted by molar-refractivity contribution is 7.95. The van der Waals surface area contributed by atoms with Gasteiger partial charge in [0.15, 0.2) is 0 Å². The van der Waals surface area contributed by atoms with E-state index in [4.69, 9.17) is 28.9 Å². The van der Waals surface area contributed by atoms with Gasteiger partial charge in [0.05, 0.1) is 26.8 Å². The number of hydrogen-bond donors (Lipinski definition) is 2. The zero-order valence-corrected chi connectivity index (χ0v) is 13.1. The first kappa shape index (κ1) is 15.7. The highest BCUT2D eigenvalue weighted by Crippen LogP contribution is 2.31. The number of anilines is 2. The van der Waals surface area contributed by atoms with E-state index in [1.807, 2.05) is 18.2 Å². The van der Waals surface area contributed by atoms with Crippen molar-refractivity contribution in [3.8, 4) is 0 Å². The number of sulfonamides is 1. The van der Waals surface area contributed by atoms with E-state index in [9.17, 15) is 8.42 Å². The van der Waals surface area contributed by atoms with E-state index in [2.05, 4.69) is 4.72 Å². The molecule has 0 bridgehead atoms. The van der Waals surface area contributed by atoms with Crippen molar-refractivity contribution in [3.05, 3.63) is 63.5 Å². The molecular formula is C14H12Cl2N2O2S. The Labute approximate surface area is 133 Å². The molecule has 4 nitrogen and oxygen atoms in total. The standard InChI is InChI=1S/C14H12Cl2N2O2S/c15-12-8-11(9-13(16)14(12)17)18-21(19,20)7-6-10-4-2-1-3-5-10/h1-9,18H,17H2/b7-6+. The summed E-state index contributed by atoms with van der Waals surface area (Å²) in [6.07, 6.45) is 1.49. The maximum atomic E-state index is 12.0. The average Bonchev–Trinajstić information content (AvgIpc) is 2.43. The molecule has 0 radical (unpaired) electrons. The maximum Gasteiger partial charge on any atom is 0.255 e. The van der Waals surface area contributed by atoms with Crippen molar-refractivity contribution in [2.24, 2.45) is 0 Å². The first-order valence-electron chi connectivity index (χ1n) is 5.88. The average molecular weight is 343 g/mol. The van der Waals surface area contributed by atoms with Crippen LogP contribution in [-0.4, -0.2) is 8.42 Å². The minimum Gasteiger partial charge on any atom is -0.396 e. The van der Waals surface area contributed by atoms with E-state index in [1.165, 1.54) is 18.2 Å². The van der Waals surface area contributed by atoms with Gasteiger partial charge in [-0.05, 0) is 23.8 Å². The van der Waals surface area contributed by atoms with E-state index in [-0.39, 0.29) is 21.4 Å². The highest BCUT2D eigenvalue weighted by atomic mass is 35.5. The van der Waals surface area contributed by atoms with Gasteiger partial charge in [0.25, 0.3) is 10.0 Å². The van der Waals surface area contributed by atoms with Gasteiger partial charge in [0, 0.05) is 0 Å².